The second-order valence-corrected chi connectivity index (χ2v) is 8.51. The first kappa shape index (κ1) is 21.2. The molecular weight excluding hydrogens is 400 g/mol. The number of hydrogen-bond acceptors (Lipinski definition) is 4. The fraction of sp³-hybridized carbons (Fsp3) is 0.458. The summed E-state index contributed by atoms with van der Waals surface area (Å²) in [6.45, 7) is 5.14. The first-order valence-electron chi connectivity index (χ1n) is 10.8. The third-order valence-electron chi connectivity index (χ3n) is 6.16. The van der Waals surface area contributed by atoms with E-state index in [1.54, 1.807) is 0 Å². The number of carbonyl (C=O) groups is 1. The lowest BCUT2D eigenvalue weighted by Gasteiger charge is -2.36. The molecule has 0 atom stereocenters. The van der Waals surface area contributed by atoms with Crippen molar-refractivity contribution in [3.05, 3.63) is 59.1 Å². The number of nitrogens with zero attached hydrogens (tertiary/aromatic N) is 1. The molecule has 2 aliphatic rings. The van der Waals surface area contributed by atoms with Crippen molar-refractivity contribution in [1.29, 1.82) is 0 Å². The molecule has 2 aromatic carbocycles. The standard InChI is InChI=1S/C24H29ClN2O3/c25-20-5-3-19(4-6-20)24(11-16-29-17-12-24)23(28)26-21-7-9-22(10-8-21)30-18-15-27-13-1-2-14-27/h3-10H,1-2,11-18H2,(H,26,28). The number of ether oxygens (including phenoxy) is 2. The Morgan fingerprint density at radius 3 is 2.37 bits per heavy atom. The van der Waals surface area contributed by atoms with Crippen LogP contribution in [0.25, 0.3) is 0 Å². The molecule has 5 nitrogen and oxygen atoms in total. The van der Waals surface area contributed by atoms with Crippen LogP contribution in [0.3, 0.4) is 0 Å². The highest BCUT2D eigenvalue weighted by Crippen LogP contribution is 2.36. The van der Waals surface area contributed by atoms with E-state index < -0.39 is 5.41 Å². The van der Waals surface area contributed by atoms with Crippen molar-refractivity contribution >= 4 is 23.2 Å². The Kier molecular flexibility index (Phi) is 6.93. The molecule has 2 aliphatic heterocycles. The van der Waals surface area contributed by atoms with Gasteiger partial charge in [0.15, 0.2) is 0 Å². The lowest BCUT2D eigenvalue weighted by atomic mass is 9.73. The van der Waals surface area contributed by atoms with Crippen molar-refractivity contribution in [2.24, 2.45) is 0 Å². The molecule has 160 valence electrons. The lowest BCUT2D eigenvalue weighted by Crippen LogP contribution is -2.44. The quantitative estimate of drug-likeness (QED) is 0.705. The number of rotatable bonds is 7. The van der Waals surface area contributed by atoms with E-state index in [9.17, 15) is 4.79 Å². The Morgan fingerprint density at radius 1 is 1.03 bits per heavy atom. The van der Waals surface area contributed by atoms with Crippen LogP contribution in [0.5, 0.6) is 5.75 Å². The topological polar surface area (TPSA) is 50.8 Å². The van der Waals surface area contributed by atoms with Crippen molar-refractivity contribution in [2.75, 3.05) is 44.8 Å². The number of nitrogens with one attached hydrogen (secondary N) is 1. The fourth-order valence-electron chi connectivity index (χ4n) is 4.32. The second kappa shape index (κ2) is 9.82. The minimum Gasteiger partial charge on any atom is -0.492 e. The molecule has 4 rings (SSSR count). The van der Waals surface area contributed by atoms with Crippen LogP contribution in [-0.4, -0.2) is 50.3 Å². The van der Waals surface area contributed by atoms with E-state index in [0.717, 1.165) is 23.5 Å². The minimum atomic E-state index is -0.603. The van der Waals surface area contributed by atoms with Gasteiger partial charge in [0, 0.05) is 30.5 Å². The lowest BCUT2D eigenvalue weighted by molar-refractivity contribution is -0.125. The predicted octanol–water partition coefficient (Wildman–Crippen LogP) is 4.50. The van der Waals surface area contributed by atoms with Gasteiger partial charge in [0.2, 0.25) is 5.91 Å². The molecule has 1 N–H and O–H groups in total. The van der Waals surface area contributed by atoms with Crippen molar-refractivity contribution < 1.29 is 14.3 Å². The van der Waals surface area contributed by atoms with Gasteiger partial charge < -0.3 is 14.8 Å². The molecular formula is C24H29ClN2O3. The van der Waals surface area contributed by atoms with E-state index in [2.05, 4.69) is 10.2 Å². The first-order valence-corrected chi connectivity index (χ1v) is 11.1. The van der Waals surface area contributed by atoms with Gasteiger partial charge in [0.25, 0.3) is 0 Å². The summed E-state index contributed by atoms with van der Waals surface area (Å²) >= 11 is 6.05. The Hall–Kier alpha value is -2.08. The molecule has 1 amide bonds. The number of halogens is 1. The van der Waals surface area contributed by atoms with Crippen LogP contribution in [-0.2, 0) is 14.9 Å². The van der Waals surface area contributed by atoms with E-state index in [4.69, 9.17) is 21.1 Å². The number of hydrogen-bond donors (Lipinski definition) is 1. The van der Waals surface area contributed by atoms with Gasteiger partial charge >= 0.3 is 0 Å². The monoisotopic (exact) mass is 428 g/mol. The average molecular weight is 429 g/mol. The predicted molar refractivity (Wildman–Crippen MR) is 119 cm³/mol. The zero-order valence-corrected chi connectivity index (χ0v) is 18.0. The molecule has 2 aromatic rings. The summed E-state index contributed by atoms with van der Waals surface area (Å²) in [5.74, 6) is 0.821. The molecule has 0 spiro atoms. The van der Waals surface area contributed by atoms with Crippen LogP contribution in [0.15, 0.2) is 48.5 Å². The maximum Gasteiger partial charge on any atom is 0.235 e. The first-order chi connectivity index (χ1) is 14.7. The highest BCUT2D eigenvalue weighted by atomic mass is 35.5. The summed E-state index contributed by atoms with van der Waals surface area (Å²) in [6, 6.07) is 15.2. The fourth-order valence-corrected chi connectivity index (χ4v) is 4.45. The molecule has 2 fully saturated rings. The van der Waals surface area contributed by atoms with Gasteiger partial charge in [0.1, 0.15) is 12.4 Å². The van der Waals surface area contributed by atoms with E-state index in [-0.39, 0.29) is 5.91 Å². The maximum absolute atomic E-state index is 13.3. The van der Waals surface area contributed by atoms with Crippen molar-refractivity contribution in [3.63, 3.8) is 0 Å². The van der Waals surface area contributed by atoms with Gasteiger partial charge in [-0.25, -0.2) is 0 Å². The number of carbonyl (C=O) groups excluding carboxylic acids is 1. The largest absolute Gasteiger partial charge is 0.492 e. The van der Waals surface area contributed by atoms with Gasteiger partial charge in [0.05, 0.1) is 5.41 Å². The number of benzene rings is 2. The van der Waals surface area contributed by atoms with Gasteiger partial charge in [-0.1, -0.05) is 23.7 Å². The average Bonchev–Trinajstić information content (AvgIpc) is 3.29. The van der Waals surface area contributed by atoms with Crippen molar-refractivity contribution in [2.45, 2.75) is 31.1 Å². The summed E-state index contributed by atoms with van der Waals surface area (Å²) in [6.07, 6.45) is 3.88. The molecule has 2 heterocycles. The van der Waals surface area contributed by atoms with Gasteiger partial charge in [-0.2, -0.15) is 0 Å². The molecule has 6 heteroatoms. The van der Waals surface area contributed by atoms with Crippen molar-refractivity contribution in [3.8, 4) is 5.75 Å². The highest BCUT2D eigenvalue weighted by molar-refractivity contribution is 6.30. The van der Waals surface area contributed by atoms with Crippen molar-refractivity contribution in [1.82, 2.24) is 4.90 Å². The summed E-state index contributed by atoms with van der Waals surface area (Å²) in [4.78, 5) is 15.8. The van der Waals surface area contributed by atoms with Crippen LogP contribution in [0, 0.1) is 0 Å². The molecule has 0 radical (unpaired) electrons. The Balaban J connectivity index is 1.39. The Labute approximate surface area is 183 Å². The summed E-state index contributed by atoms with van der Waals surface area (Å²) in [5, 5.41) is 3.77. The smallest absolute Gasteiger partial charge is 0.235 e. The van der Waals surface area contributed by atoms with Crippen LogP contribution in [0.4, 0.5) is 5.69 Å². The summed E-state index contributed by atoms with van der Waals surface area (Å²) in [7, 11) is 0. The second-order valence-electron chi connectivity index (χ2n) is 8.08. The zero-order chi connectivity index (χ0) is 20.8. The van der Waals surface area contributed by atoms with Gasteiger partial charge in [-0.3, -0.25) is 9.69 Å². The van der Waals surface area contributed by atoms with Crippen LogP contribution in [0.1, 0.15) is 31.2 Å². The molecule has 0 saturated carbocycles. The van der Waals surface area contributed by atoms with Crippen LogP contribution in [0.2, 0.25) is 5.02 Å². The molecule has 2 saturated heterocycles. The van der Waals surface area contributed by atoms with Crippen LogP contribution >= 0.6 is 11.6 Å². The molecule has 30 heavy (non-hydrogen) atoms. The third-order valence-corrected chi connectivity index (χ3v) is 6.42. The van der Waals surface area contributed by atoms with E-state index in [1.165, 1.54) is 25.9 Å². The van der Waals surface area contributed by atoms with E-state index in [1.807, 2.05) is 48.5 Å². The minimum absolute atomic E-state index is 0.00387. The van der Waals surface area contributed by atoms with E-state index in [0.29, 0.717) is 37.7 Å². The summed E-state index contributed by atoms with van der Waals surface area (Å²) < 4.78 is 11.4. The van der Waals surface area contributed by atoms with Gasteiger partial charge in [-0.05, 0) is 80.7 Å². The van der Waals surface area contributed by atoms with Gasteiger partial charge in [-0.15, -0.1) is 0 Å². The number of likely N-dealkylation sites (tertiary alicyclic amines) is 1. The molecule has 0 aliphatic carbocycles. The summed E-state index contributed by atoms with van der Waals surface area (Å²) in [5.41, 5.74) is 1.15. The third kappa shape index (κ3) is 4.97. The normalized spacial score (nSPS) is 18.8. The zero-order valence-electron chi connectivity index (χ0n) is 17.2. The molecule has 0 aromatic heterocycles. The molecule has 0 unspecified atom stereocenters. The molecule has 0 bridgehead atoms. The highest BCUT2D eigenvalue weighted by Gasteiger charge is 2.41. The maximum atomic E-state index is 13.3. The SMILES string of the molecule is O=C(Nc1ccc(OCCN2CCCC2)cc1)C1(c2ccc(Cl)cc2)CCOCC1. The Bertz CT molecular complexity index is 827. The number of amides is 1. The number of anilines is 1. The van der Waals surface area contributed by atoms with Crippen LogP contribution < -0.4 is 10.1 Å². The Morgan fingerprint density at radius 2 is 1.70 bits per heavy atom. The van der Waals surface area contributed by atoms with E-state index >= 15 is 0 Å².